The molecule has 0 spiro atoms. The monoisotopic (exact) mass is 755 g/mol. The Labute approximate surface area is 337 Å². The lowest BCUT2D eigenvalue weighted by Crippen LogP contribution is -2.09. The van der Waals surface area contributed by atoms with Gasteiger partial charge < -0.3 is 13.7 Å². The number of nitrogens with zero attached hydrogens (tertiary/aromatic N) is 5. The van der Waals surface area contributed by atoms with Gasteiger partial charge >= 0.3 is 0 Å². The Kier molecular flexibility index (Phi) is 7.79. The Morgan fingerprint density at radius 2 is 0.864 bits per heavy atom. The number of aromatic nitrogens is 2. The van der Waals surface area contributed by atoms with E-state index in [1.165, 1.54) is 27.1 Å². The van der Waals surface area contributed by atoms with Crippen LogP contribution in [-0.2, 0) is 0 Å². The van der Waals surface area contributed by atoms with E-state index in [2.05, 4.69) is 142 Å². The number of hydrogen-bond donors (Lipinski definition) is 0. The molecule has 0 atom stereocenters. The van der Waals surface area contributed by atoms with Gasteiger partial charge in [0.25, 0.3) is 0 Å². The highest BCUT2D eigenvalue weighted by molar-refractivity contribution is 6.08. The molecule has 11 aromatic rings. The maximum Gasteiger partial charge on any atom is 0.227 e. The van der Waals surface area contributed by atoms with Crippen molar-refractivity contribution in [3.8, 4) is 46.2 Å². The average molecular weight is 756 g/mol. The summed E-state index contributed by atoms with van der Waals surface area (Å²) < 4.78 is 12.2. The standard InChI is InChI=1S/C52H29N5O2/c53-30-32-5-23-47-49(25-32)58-51(55-47)35-11-17-42(18-12-35)57(43-19-13-36(14-20-43)52-56-48-24-6-33(31-54)26-50(48)59-52)44-21-15-38-27-37(8-9-40(38)29-44)39-16-22-46-41(28-39)10-7-34-3-1-2-4-45(34)46/h1-29H. The molecular formula is C52H29N5O2. The molecule has 0 fully saturated rings. The van der Waals surface area contributed by atoms with Gasteiger partial charge in [0.05, 0.1) is 23.3 Å². The second kappa shape index (κ2) is 13.6. The molecule has 0 aliphatic carbocycles. The summed E-state index contributed by atoms with van der Waals surface area (Å²) in [6.07, 6.45) is 0. The molecule has 0 aliphatic rings. The van der Waals surface area contributed by atoms with Crippen LogP contribution in [0.15, 0.2) is 185 Å². The minimum Gasteiger partial charge on any atom is -0.436 e. The molecule has 0 saturated heterocycles. The number of nitriles is 2. The summed E-state index contributed by atoms with van der Waals surface area (Å²) in [5.74, 6) is 0.970. The first kappa shape index (κ1) is 33.8. The van der Waals surface area contributed by atoms with Crippen LogP contribution >= 0.6 is 0 Å². The van der Waals surface area contributed by atoms with Gasteiger partial charge in [-0.05, 0) is 141 Å². The van der Waals surface area contributed by atoms with Gasteiger partial charge in [0.15, 0.2) is 11.2 Å². The maximum atomic E-state index is 9.35. The fourth-order valence-electron chi connectivity index (χ4n) is 7.93. The number of fused-ring (bicyclic) bond motifs is 6. The van der Waals surface area contributed by atoms with Crippen LogP contribution < -0.4 is 4.90 Å². The topological polar surface area (TPSA) is 103 Å². The molecule has 7 heteroatoms. The molecule has 0 N–H and O–H groups in total. The minimum absolute atomic E-state index is 0.485. The molecule has 0 unspecified atom stereocenters. The number of anilines is 3. The molecule has 274 valence electrons. The zero-order valence-corrected chi connectivity index (χ0v) is 31.3. The third kappa shape index (κ3) is 5.99. The van der Waals surface area contributed by atoms with Crippen LogP contribution in [0.25, 0.3) is 88.6 Å². The van der Waals surface area contributed by atoms with Crippen LogP contribution in [0.3, 0.4) is 0 Å². The second-order valence-corrected chi connectivity index (χ2v) is 14.5. The van der Waals surface area contributed by atoms with Crippen molar-refractivity contribution >= 4 is 71.6 Å². The smallest absolute Gasteiger partial charge is 0.227 e. The van der Waals surface area contributed by atoms with Gasteiger partial charge in [0.2, 0.25) is 11.8 Å². The van der Waals surface area contributed by atoms with Crippen LogP contribution in [0.2, 0.25) is 0 Å². The third-order valence-electron chi connectivity index (χ3n) is 10.9. The number of rotatable bonds is 6. The summed E-state index contributed by atoms with van der Waals surface area (Å²) in [6, 6.07) is 63.9. The second-order valence-electron chi connectivity index (χ2n) is 14.5. The average Bonchev–Trinajstić information content (AvgIpc) is 3.93. The molecule has 59 heavy (non-hydrogen) atoms. The first-order valence-corrected chi connectivity index (χ1v) is 19.1. The lowest BCUT2D eigenvalue weighted by Gasteiger charge is -2.26. The Balaban J connectivity index is 0.964. The SMILES string of the molecule is N#Cc1ccc2nc(-c3ccc(N(c4ccc(-c5nc6ccc(C#N)cc6o5)cc4)c4ccc5cc(-c6ccc7c(ccc8ccccc87)c6)ccc5c4)cc3)oc2c1. The van der Waals surface area contributed by atoms with E-state index in [0.717, 1.165) is 44.5 Å². The molecule has 2 heterocycles. The predicted octanol–water partition coefficient (Wildman–Crippen LogP) is 13.6. The van der Waals surface area contributed by atoms with E-state index in [-0.39, 0.29) is 0 Å². The lowest BCUT2D eigenvalue weighted by atomic mass is 9.96. The molecule has 0 saturated carbocycles. The molecule has 0 radical (unpaired) electrons. The van der Waals surface area contributed by atoms with E-state index in [1.807, 2.05) is 24.3 Å². The lowest BCUT2D eigenvalue weighted by molar-refractivity contribution is 0.619. The van der Waals surface area contributed by atoms with E-state index in [4.69, 9.17) is 8.83 Å². The fourth-order valence-corrected chi connectivity index (χ4v) is 7.93. The number of benzene rings is 9. The number of hydrogen-bond acceptors (Lipinski definition) is 7. The van der Waals surface area contributed by atoms with Crippen molar-refractivity contribution in [2.24, 2.45) is 0 Å². The van der Waals surface area contributed by atoms with Crippen LogP contribution in [0.4, 0.5) is 17.1 Å². The molecule has 0 bridgehead atoms. The van der Waals surface area contributed by atoms with Gasteiger partial charge in [0.1, 0.15) is 11.0 Å². The van der Waals surface area contributed by atoms with E-state index in [9.17, 15) is 10.5 Å². The zero-order chi connectivity index (χ0) is 39.5. The number of oxazole rings is 2. The van der Waals surface area contributed by atoms with Gasteiger partial charge in [-0.25, -0.2) is 9.97 Å². The molecule has 0 aliphatic heterocycles. The maximum absolute atomic E-state index is 9.35. The van der Waals surface area contributed by atoms with Crippen LogP contribution in [0, 0.1) is 22.7 Å². The minimum atomic E-state index is 0.485. The summed E-state index contributed by atoms with van der Waals surface area (Å²) in [7, 11) is 0. The molecule has 9 aromatic carbocycles. The molecule has 7 nitrogen and oxygen atoms in total. The first-order chi connectivity index (χ1) is 29.1. The Hall–Kier alpha value is -8.52. The predicted molar refractivity (Wildman–Crippen MR) is 235 cm³/mol. The van der Waals surface area contributed by atoms with E-state index in [1.54, 1.807) is 36.4 Å². The van der Waals surface area contributed by atoms with Crippen molar-refractivity contribution in [1.82, 2.24) is 9.97 Å². The fraction of sp³-hybridized carbons (Fsp3) is 0. The quantitative estimate of drug-likeness (QED) is 0.156. The van der Waals surface area contributed by atoms with E-state index >= 15 is 0 Å². The molecular weight excluding hydrogens is 727 g/mol. The Morgan fingerprint density at radius 3 is 1.49 bits per heavy atom. The van der Waals surface area contributed by atoms with Crippen molar-refractivity contribution in [2.75, 3.05) is 4.90 Å². The molecule has 2 aromatic heterocycles. The molecule has 11 rings (SSSR count). The van der Waals surface area contributed by atoms with Crippen molar-refractivity contribution in [2.45, 2.75) is 0 Å². The summed E-state index contributed by atoms with van der Waals surface area (Å²) >= 11 is 0. The van der Waals surface area contributed by atoms with Crippen molar-refractivity contribution < 1.29 is 8.83 Å². The third-order valence-corrected chi connectivity index (χ3v) is 10.9. The Bertz CT molecular complexity index is 3400. The van der Waals surface area contributed by atoms with Crippen molar-refractivity contribution in [1.29, 1.82) is 10.5 Å². The summed E-state index contributed by atoms with van der Waals surface area (Å²) in [5.41, 5.74) is 10.4. The first-order valence-electron chi connectivity index (χ1n) is 19.1. The largest absolute Gasteiger partial charge is 0.436 e. The van der Waals surface area contributed by atoms with Gasteiger partial charge in [-0.3, -0.25) is 0 Å². The van der Waals surface area contributed by atoms with Gasteiger partial charge in [-0.1, -0.05) is 66.7 Å². The van der Waals surface area contributed by atoms with E-state index in [0.29, 0.717) is 45.1 Å². The van der Waals surface area contributed by atoms with Crippen LogP contribution in [0.1, 0.15) is 11.1 Å². The summed E-state index contributed by atoms with van der Waals surface area (Å²) in [6.45, 7) is 0. The highest BCUT2D eigenvalue weighted by Crippen LogP contribution is 2.39. The molecule has 0 amide bonds. The van der Waals surface area contributed by atoms with Gasteiger partial charge in [-0.2, -0.15) is 10.5 Å². The zero-order valence-electron chi connectivity index (χ0n) is 31.3. The summed E-state index contributed by atoms with van der Waals surface area (Å²) in [5, 5.41) is 25.9. The normalized spacial score (nSPS) is 11.4. The highest BCUT2D eigenvalue weighted by atomic mass is 16.4. The van der Waals surface area contributed by atoms with Crippen LogP contribution in [0.5, 0.6) is 0 Å². The van der Waals surface area contributed by atoms with Gasteiger partial charge in [-0.15, -0.1) is 0 Å². The van der Waals surface area contributed by atoms with Crippen molar-refractivity contribution in [3.63, 3.8) is 0 Å². The van der Waals surface area contributed by atoms with Gasteiger partial charge in [0, 0.05) is 40.3 Å². The highest BCUT2D eigenvalue weighted by Gasteiger charge is 2.17. The van der Waals surface area contributed by atoms with E-state index < -0.39 is 0 Å². The van der Waals surface area contributed by atoms with Crippen LogP contribution in [-0.4, -0.2) is 9.97 Å². The van der Waals surface area contributed by atoms with Crippen molar-refractivity contribution in [3.05, 3.63) is 187 Å². The Morgan fingerprint density at radius 1 is 0.390 bits per heavy atom. The summed E-state index contributed by atoms with van der Waals surface area (Å²) in [4.78, 5) is 11.6.